The molecule has 104 valence electrons. The topological polar surface area (TPSA) is 72.6 Å². The maximum Gasteiger partial charge on any atom is 0.311 e. The summed E-state index contributed by atoms with van der Waals surface area (Å²) in [6, 6.07) is 13.2. The number of hydrogen-bond donors (Lipinski definition) is 1. The third kappa shape index (κ3) is 2.95. The van der Waals surface area contributed by atoms with E-state index in [1.807, 2.05) is 6.92 Å². The predicted octanol–water partition coefficient (Wildman–Crippen LogP) is 3.83. The molecular weight excluding hydrogens is 258 g/mol. The minimum atomic E-state index is -0.658. The molecule has 5 heteroatoms. The SMILES string of the molecule is CC[C@@H](O)c1ccccc1Oc1ccccc1[N+](=O)[O-]. The minimum Gasteiger partial charge on any atom is -0.450 e. The molecule has 0 aromatic heterocycles. The molecule has 0 heterocycles. The summed E-state index contributed by atoms with van der Waals surface area (Å²) in [5.74, 6) is 0.587. The zero-order valence-electron chi connectivity index (χ0n) is 11.0. The van der Waals surface area contributed by atoms with Crippen molar-refractivity contribution in [3.63, 3.8) is 0 Å². The Morgan fingerprint density at radius 2 is 1.75 bits per heavy atom. The molecule has 0 amide bonds. The van der Waals surface area contributed by atoms with Gasteiger partial charge < -0.3 is 9.84 Å². The second-order valence-electron chi connectivity index (χ2n) is 4.29. The Morgan fingerprint density at radius 1 is 1.15 bits per heavy atom. The lowest BCUT2D eigenvalue weighted by Gasteiger charge is -2.14. The van der Waals surface area contributed by atoms with Crippen molar-refractivity contribution in [1.82, 2.24) is 0 Å². The fraction of sp³-hybridized carbons (Fsp3) is 0.200. The van der Waals surface area contributed by atoms with Crippen molar-refractivity contribution in [3.8, 4) is 11.5 Å². The molecule has 0 radical (unpaired) electrons. The average Bonchev–Trinajstić information content (AvgIpc) is 2.47. The first-order valence-corrected chi connectivity index (χ1v) is 6.31. The highest BCUT2D eigenvalue weighted by Crippen LogP contribution is 2.35. The molecule has 0 aliphatic heterocycles. The Bertz CT molecular complexity index is 612. The molecule has 2 aromatic carbocycles. The highest BCUT2D eigenvalue weighted by atomic mass is 16.6. The minimum absolute atomic E-state index is 0.103. The van der Waals surface area contributed by atoms with Crippen LogP contribution in [-0.2, 0) is 0 Å². The molecule has 1 N–H and O–H groups in total. The summed E-state index contributed by atoms with van der Waals surface area (Å²) in [5, 5.41) is 20.9. The van der Waals surface area contributed by atoms with Gasteiger partial charge in [-0.1, -0.05) is 37.3 Å². The van der Waals surface area contributed by atoms with Crippen molar-refractivity contribution >= 4 is 5.69 Å². The second kappa shape index (κ2) is 6.16. The Kier molecular flexibility index (Phi) is 4.32. The van der Waals surface area contributed by atoms with Crippen LogP contribution in [0.3, 0.4) is 0 Å². The first-order chi connectivity index (χ1) is 9.63. The smallest absolute Gasteiger partial charge is 0.311 e. The third-order valence-corrected chi connectivity index (χ3v) is 2.95. The normalized spacial score (nSPS) is 11.9. The van der Waals surface area contributed by atoms with Crippen LogP contribution in [0.4, 0.5) is 5.69 Å². The van der Waals surface area contributed by atoms with Crippen LogP contribution in [0, 0.1) is 10.1 Å². The first kappa shape index (κ1) is 14.0. The Balaban J connectivity index is 2.38. The number of aliphatic hydroxyl groups excluding tert-OH is 1. The molecule has 5 nitrogen and oxygen atoms in total. The molecule has 20 heavy (non-hydrogen) atoms. The molecule has 0 bridgehead atoms. The van der Waals surface area contributed by atoms with Gasteiger partial charge in [-0.05, 0) is 18.6 Å². The van der Waals surface area contributed by atoms with E-state index in [1.165, 1.54) is 12.1 Å². The summed E-state index contributed by atoms with van der Waals surface area (Å²) in [7, 11) is 0. The Labute approximate surface area is 116 Å². The number of ether oxygens (including phenoxy) is 1. The van der Waals surface area contributed by atoms with Crippen LogP contribution < -0.4 is 4.74 Å². The number of rotatable bonds is 5. The van der Waals surface area contributed by atoms with Crippen molar-refractivity contribution in [2.24, 2.45) is 0 Å². The van der Waals surface area contributed by atoms with Gasteiger partial charge >= 0.3 is 5.69 Å². The molecule has 2 rings (SSSR count). The van der Waals surface area contributed by atoms with Crippen molar-refractivity contribution in [3.05, 3.63) is 64.2 Å². The van der Waals surface area contributed by atoms with E-state index in [0.29, 0.717) is 17.7 Å². The highest BCUT2D eigenvalue weighted by molar-refractivity contribution is 5.49. The molecule has 0 aliphatic rings. The van der Waals surface area contributed by atoms with Gasteiger partial charge in [0.05, 0.1) is 11.0 Å². The van der Waals surface area contributed by atoms with Crippen LogP contribution in [0.2, 0.25) is 0 Å². The van der Waals surface area contributed by atoms with E-state index in [9.17, 15) is 15.2 Å². The third-order valence-electron chi connectivity index (χ3n) is 2.95. The molecule has 0 saturated carbocycles. The average molecular weight is 273 g/mol. The number of nitro benzene ring substituents is 1. The molecule has 0 aliphatic carbocycles. The van der Waals surface area contributed by atoms with E-state index < -0.39 is 11.0 Å². The van der Waals surface area contributed by atoms with E-state index in [-0.39, 0.29) is 11.4 Å². The van der Waals surface area contributed by atoms with Gasteiger partial charge in [0.1, 0.15) is 5.75 Å². The van der Waals surface area contributed by atoms with Crippen LogP contribution in [0.15, 0.2) is 48.5 Å². The van der Waals surface area contributed by atoms with Gasteiger partial charge in [0.2, 0.25) is 5.75 Å². The number of para-hydroxylation sites is 3. The van der Waals surface area contributed by atoms with Gasteiger partial charge in [0.25, 0.3) is 0 Å². The van der Waals surface area contributed by atoms with E-state index in [0.717, 1.165) is 0 Å². The van der Waals surface area contributed by atoms with Crippen LogP contribution >= 0.6 is 0 Å². The van der Waals surface area contributed by atoms with Crippen LogP contribution in [-0.4, -0.2) is 10.0 Å². The summed E-state index contributed by atoms with van der Waals surface area (Å²) in [6.45, 7) is 1.85. The number of hydrogen-bond acceptors (Lipinski definition) is 4. The standard InChI is InChI=1S/C15H15NO4/c1-2-13(17)11-7-3-5-9-14(11)20-15-10-6-4-8-12(15)16(18)19/h3-10,13,17H,2H2,1H3/t13-/m1/s1. The van der Waals surface area contributed by atoms with Crippen molar-refractivity contribution in [1.29, 1.82) is 0 Å². The van der Waals surface area contributed by atoms with Crippen molar-refractivity contribution < 1.29 is 14.8 Å². The Morgan fingerprint density at radius 3 is 2.40 bits per heavy atom. The van der Waals surface area contributed by atoms with Gasteiger partial charge in [0, 0.05) is 11.6 Å². The van der Waals surface area contributed by atoms with Crippen molar-refractivity contribution in [2.75, 3.05) is 0 Å². The summed E-state index contributed by atoms with van der Waals surface area (Å²) >= 11 is 0. The fourth-order valence-corrected chi connectivity index (χ4v) is 1.88. The van der Waals surface area contributed by atoms with Gasteiger partial charge in [-0.25, -0.2) is 0 Å². The largest absolute Gasteiger partial charge is 0.450 e. The van der Waals surface area contributed by atoms with Crippen LogP contribution in [0.1, 0.15) is 25.0 Å². The van der Waals surface area contributed by atoms with Gasteiger partial charge in [-0.2, -0.15) is 0 Å². The quantitative estimate of drug-likeness (QED) is 0.663. The van der Waals surface area contributed by atoms with Crippen LogP contribution in [0.5, 0.6) is 11.5 Å². The first-order valence-electron chi connectivity index (χ1n) is 6.31. The number of nitrogens with zero attached hydrogens (tertiary/aromatic N) is 1. The highest BCUT2D eigenvalue weighted by Gasteiger charge is 2.17. The molecule has 0 spiro atoms. The van der Waals surface area contributed by atoms with E-state index in [2.05, 4.69) is 0 Å². The number of nitro groups is 1. The fourth-order valence-electron chi connectivity index (χ4n) is 1.88. The summed E-state index contributed by atoms with van der Waals surface area (Å²) in [6.07, 6.45) is -0.119. The molecule has 2 aromatic rings. The van der Waals surface area contributed by atoms with E-state index >= 15 is 0 Å². The maximum atomic E-state index is 11.0. The lowest BCUT2D eigenvalue weighted by Crippen LogP contribution is -2.00. The molecule has 0 unspecified atom stereocenters. The molecular formula is C15H15NO4. The zero-order chi connectivity index (χ0) is 14.5. The molecule has 0 fully saturated rings. The van der Waals surface area contributed by atoms with E-state index in [1.54, 1.807) is 36.4 Å². The Hall–Kier alpha value is -2.40. The summed E-state index contributed by atoms with van der Waals surface area (Å²) < 4.78 is 5.62. The molecule has 0 saturated heterocycles. The summed E-state index contributed by atoms with van der Waals surface area (Å²) in [4.78, 5) is 10.5. The number of aliphatic hydroxyl groups is 1. The maximum absolute atomic E-state index is 11.0. The summed E-state index contributed by atoms with van der Waals surface area (Å²) in [5.41, 5.74) is 0.515. The van der Waals surface area contributed by atoms with Gasteiger partial charge in [-0.15, -0.1) is 0 Å². The van der Waals surface area contributed by atoms with Gasteiger partial charge in [-0.3, -0.25) is 10.1 Å². The predicted molar refractivity (Wildman–Crippen MR) is 74.9 cm³/mol. The van der Waals surface area contributed by atoms with Crippen LogP contribution in [0.25, 0.3) is 0 Å². The second-order valence-corrected chi connectivity index (χ2v) is 4.29. The van der Waals surface area contributed by atoms with Crippen molar-refractivity contribution in [2.45, 2.75) is 19.4 Å². The van der Waals surface area contributed by atoms with E-state index in [4.69, 9.17) is 4.74 Å². The lowest BCUT2D eigenvalue weighted by molar-refractivity contribution is -0.385. The zero-order valence-corrected chi connectivity index (χ0v) is 11.0. The molecule has 1 atom stereocenters. The monoisotopic (exact) mass is 273 g/mol. The van der Waals surface area contributed by atoms with Gasteiger partial charge in [0.15, 0.2) is 0 Å². The number of benzene rings is 2. The lowest BCUT2D eigenvalue weighted by atomic mass is 10.1.